The van der Waals surface area contributed by atoms with E-state index in [1.54, 1.807) is 0 Å². The normalized spacial score (nSPS) is 23.5. The zero-order valence-electron chi connectivity index (χ0n) is 9.70. The quantitative estimate of drug-likeness (QED) is 0.665. The number of likely N-dealkylation sites (N-methyl/N-ethyl adjacent to an activating group) is 1. The Kier molecular flexibility index (Phi) is 5.05. The van der Waals surface area contributed by atoms with Crippen LogP contribution in [0, 0.1) is 5.92 Å². The first-order valence-corrected chi connectivity index (χ1v) is 5.79. The van der Waals surface area contributed by atoms with Gasteiger partial charge in [-0.05, 0) is 25.8 Å². The van der Waals surface area contributed by atoms with Crippen LogP contribution >= 0.6 is 0 Å². The van der Waals surface area contributed by atoms with Gasteiger partial charge in [-0.1, -0.05) is 13.3 Å². The van der Waals surface area contributed by atoms with Gasteiger partial charge in [0.15, 0.2) is 0 Å². The van der Waals surface area contributed by atoms with Gasteiger partial charge in [0.25, 0.3) is 0 Å². The third-order valence-corrected chi connectivity index (χ3v) is 3.24. The van der Waals surface area contributed by atoms with E-state index in [1.807, 2.05) is 11.9 Å². The van der Waals surface area contributed by atoms with Crippen LogP contribution in [0.1, 0.15) is 26.2 Å². The summed E-state index contributed by atoms with van der Waals surface area (Å²) in [6.45, 7) is 3.98. The molecule has 2 atom stereocenters. The van der Waals surface area contributed by atoms with E-state index in [9.17, 15) is 4.79 Å². The summed E-state index contributed by atoms with van der Waals surface area (Å²) in [6.07, 6.45) is 2.73. The first-order chi connectivity index (χ1) is 7.22. The SMILES string of the molecule is CCC(CCO)CN1CCC(NC)C1=O. The summed E-state index contributed by atoms with van der Waals surface area (Å²) in [6, 6.07) is 0.0108. The summed E-state index contributed by atoms with van der Waals surface area (Å²) >= 11 is 0. The van der Waals surface area contributed by atoms with Crippen molar-refractivity contribution in [1.82, 2.24) is 10.2 Å². The summed E-state index contributed by atoms with van der Waals surface area (Å²) in [5, 5.41) is 11.9. The maximum absolute atomic E-state index is 11.8. The highest BCUT2D eigenvalue weighted by molar-refractivity contribution is 5.83. The van der Waals surface area contributed by atoms with Gasteiger partial charge >= 0.3 is 0 Å². The lowest BCUT2D eigenvalue weighted by molar-refractivity contribution is -0.129. The van der Waals surface area contributed by atoms with Gasteiger partial charge in [0.2, 0.25) is 5.91 Å². The van der Waals surface area contributed by atoms with Crippen molar-refractivity contribution in [2.45, 2.75) is 32.2 Å². The van der Waals surface area contributed by atoms with E-state index in [0.717, 1.165) is 32.4 Å². The van der Waals surface area contributed by atoms with Crippen LogP contribution in [0.15, 0.2) is 0 Å². The van der Waals surface area contributed by atoms with Crippen LogP contribution in [0.3, 0.4) is 0 Å². The van der Waals surface area contributed by atoms with Crippen LogP contribution in [-0.4, -0.2) is 48.7 Å². The Morgan fingerprint density at radius 1 is 1.67 bits per heavy atom. The Balaban J connectivity index is 2.41. The predicted molar refractivity (Wildman–Crippen MR) is 59.5 cm³/mol. The third-order valence-electron chi connectivity index (χ3n) is 3.24. The first-order valence-electron chi connectivity index (χ1n) is 5.79. The number of nitrogens with one attached hydrogen (secondary N) is 1. The molecule has 4 nitrogen and oxygen atoms in total. The molecule has 0 saturated carbocycles. The minimum absolute atomic E-state index is 0.0108. The van der Waals surface area contributed by atoms with E-state index in [-0.39, 0.29) is 18.6 Å². The van der Waals surface area contributed by atoms with Crippen molar-refractivity contribution >= 4 is 5.91 Å². The zero-order valence-corrected chi connectivity index (χ0v) is 9.70. The van der Waals surface area contributed by atoms with E-state index in [0.29, 0.717) is 5.92 Å². The van der Waals surface area contributed by atoms with Crippen molar-refractivity contribution in [3.63, 3.8) is 0 Å². The molecule has 0 radical (unpaired) electrons. The minimum atomic E-state index is 0.0108. The van der Waals surface area contributed by atoms with Crippen molar-refractivity contribution < 1.29 is 9.90 Å². The molecule has 1 aliphatic heterocycles. The Morgan fingerprint density at radius 2 is 2.40 bits per heavy atom. The Hall–Kier alpha value is -0.610. The van der Waals surface area contributed by atoms with Crippen LogP contribution < -0.4 is 5.32 Å². The molecule has 0 bridgehead atoms. The van der Waals surface area contributed by atoms with Gasteiger partial charge < -0.3 is 15.3 Å². The van der Waals surface area contributed by atoms with E-state index < -0.39 is 0 Å². The van der Waals surface area contributed by atoms with Gasteiger partial charge in [-0.2, -0.15) is 0 Å². The number of carbonyl (C=O) groups excluding carboxylic acids is 1. The van der Waals surface area contributed by atoms with E-state index in [1.165, 1.54) is 0 Å². The predicted octanol–water partition coefficient (Wildman–Crippen LogP) is 0.215. The zero-order chi connectivity index (χ0) is 11.3. The molecule has 2 unspecified atom stereocenters. The lowest BCUT2D eigenvalue weighted by atomic mass is 10.0. The third kappa shape index (κ3) is 3.18. The summed E-state index contributed by atoms with van der Waals surface area (Å²) in [4.78, 5) is 13.7. The molecular formula is C11H22N2O2. The average molecular weight is 214 g/mol. The van der Waals surface area contributed by atoms with E-state index in [4.69, 9.17) is 5.11 Å². The Labute approximate surface area is 91.6 Å². The highest BCUT2D eigenvalue weighted by Crippen LogP contribution is 2.16. The molecule has 1 aliphatic rings. The average Bonchev–Trinajstić information content (AvgIpc) is 2.59. The van der Waals surface area contributed by atoms with Crippen LogP contribution in [0.5, 0.6) is 0 Å². The number of rotatable bonds is 6. The highest BCUT2D eigenvalue weighted by Gasteiger charge is 2.30. The van der Waals surface area contributed by atoms with Crippen LogP contribution in [0.4, 0.5) is 0 Å². The fraction of sp³-hybridized carbons (Fsp3) is 0.909. The van der Waals surface area contributed by atoms with Crippen molar-refractivity contribution in [3.8, 4) is 0 Å². The molecule has 1 fully saturated rings. The molecular weight excluding hydrogens is 192 g/mol. The topological polar surface area (TPSA) is 52.6 Å². The molecule has 15 heavy (non-hydrogen) atoms. The van der Waals surface area contributed by atoms with Gasteiger partial charge in [0.1, 0.15) is 0 Å². The smallest absolute Gasteiger partial charge is 0.239 e. The van der Waals surface area contributed by atoms with Crippen LogP contribution in [0.25, 0.3) is 0 Å². The fourth-order valence-electron chi connectivity index (χ4n) is 2.11. The molecule has 88 valence electrons. The monoisotopic (exact) mass is 214 g/mol. The molecule has 4 heteroatoms. The maximum atomic E-state index is 11.8. The van der Waals surface area contributed by atoms with Gasteiger partial charge in [-0.25, -0.2) is 0 Å². The standard InChI is InChI=1S/C11H22N2O2/c1-3-9(5-7-14)8-13-6-4-10(12-2)11(13)15/h9-10,12,14H,3-8H2,1-2H3. The summed E-state index contributed by atoms with van der Waals surface area (Å²) in [5.74, 6) is 0.656. The number of hydrogen-bond acceptors (Lipinski definition) is 3. The molecule has 1 saturated heterocycles. The van der Waals surface area contributed by atoms with Crippen molar-refractivity contribution in [3.05, 3.63) is 0 Å². The second-order valence-electron chi connectivity index (χ2n) is 4.20. The van der Waals surface area contributed by atoms with Crippen molar-refractivity contribution in [1.29, 1.82) is 0 Å². The number of aliphatic hydroxyl groups is 1. The second kappa shape index (κ2) is 6.08. The van der Waals surface area contributed by atoms with E-state index >= 15 is 0 Å². The largest absolute Gasteiger partial charge is 0.396 e. The lowest BCUT2D eigenvalue weighted by Crippen LogP contribution is -2.38. The van der Waals surface area contributed by atoms with Gasteiger partial charge in [0.05, 0.1) is 6.04 Å². The molecule has 0 spiro atoms. The number of aliphatic hydroxyl groups excluding tert-OH is 1. The molecule has 2 N–H and O–H groups in total. The van der Waals surface area contributed by atoms with Crippen LogP contribution in [0.2, 0.25) is 0 Å². The molecule has 1 rings (SSSR count). The molecule has 0 aliphatic carbocycles. The number of nitrogens with zero attached hydrogens (tertiary/aromatic N) is 1. The molecule has 1 heterocycles. The highest BCUT2D eigenvalue weighted by atomic mass is 16.3. The maximum Gasteiger partial charge on any atom is 0.239 e. The van der Waals surface area contributed by atoms with E-state index in [2.05, 4.69) is 12.2 Å². The van der Waals surface area contributed by atoms with Crippen molar-refractivity contribution in [2.75, 3.05) is 26.7 Å². The molecule has 1 amide bonds. The van der Waals surface area contributed by atoms with Gasteiger partial charge in [0, 0.05) is 19.7 Å². The first kappa shape index (κ1) is 12.5. The van der Waals surface area contributed by atoms with Crippen molar-refractivity contribution in [2.24, 2.45) is 5.92 Å². The number of amides is 1. The summed E-state index contributed by atoms with van der Waals surface area (Å²) in [7, 11) is 1.83. The number of likely N-dealkylation sites (tertiary alicyclic amines) is 1. The Bertz CT molecular complexity index is 209. The number of hydrogen-bond donors (Lipinski definition) is 2. The molecule has 0 aromatic carbocycles. The lowest BCUT2D eigenvalue weighted by Gasteiger charge is -2.22. The Morgan fingerprint density at radius 3 is 2.87 bits per heavy atom. The molecule has 0 aromatic rings. The molecule has 0 aromatic heterocycles. The minimum Gasteiger partial charge on any atom is -0.396 e. The van der Waals surface area contributed by atoms with Crippen LogP contribution in [-0.2, 0) is 4.79 Å². The summed E-state index contributed by atoms with van der Waals surface area (Å²) in [5.41, 5.74) is 0. The fourth-order valence-corrected chi connectivity index (χ4v) is 2.11. The van der Waals surface area contributed by atoms with Gasteiger partial charge in [-0.3, -0.25) is 4.79 Å². The summed E-state index contributed by atoms with van der Waals surface area (Å²) < 4.78 is 0. The second-order valence-corrected chi connectivity index (χ2v) is 4.20. The number of carbonyl (C=O) groups is 1. The van der Waals surface area contributed by atoms with Gasteiger partial charge in [-0.15, -0.1) is 0 Å².